The van der Waals surface area contributed by atoms with Crippen LogP contribution in [0.2, 0.25) is 0 Å². The lowest BCUT2D eigenvalue weighted by Gasteiger charge is -2.34. The molecule has 2 unspecified atom stereocenters. The van der Waals surface area contributed by atoms with E-state index in [0.29, 0.717) is 34.6 Å². The van der Waals surface area contributed by atoms with Crippen LogP contribution in [-0.4, -0.2) is 47.1 Å². The predicted molar refractivity (Wildman–Crippen MR) is 142 cm³/mol. The molecular weight excluding hydrogens is 462 g/mol. The highest BCUT2D eigenvalue weighted by atomic mass is 32.2. The molecule has 2 bridgehead atoms. The first-order chi connectivity index (χ1) is 16.4. The minimum absolute atomic E-state index is 0.164. The molecule has 3 heterocycles. The lowest BCUT2D eigenvalue weighted by Crippen LogP contribution is -2.40. The number of nitrogens with zero attached hydrogens (tertiary/aromatic N) is 3. The monoisotopic (exact) mass is 499 g/mol. The van der Waals surface area contributed by atoms with E-state index in [1.807, 2.05) is 12.1 Å². The van der Waals surface area contributed by atoms with E-state index in [4.69, 9.17) is 9.72 Å². The van der Waals surface area contributed by atoms with Gasteiger partial charge in [-0.3, -0.25) is 9.52 Å². The molecule has 3 rings (SSSR count). The topological polar surface area (TPSA) is 95.9 Å². The minimum atomic E-state index is -0.567. The number of fused-ring (bicyclic) bond motifs is 4. The predicted octanol–water partition coefficient (Wildman–Crippen LogP) is 4.34. The Morgan fingerprint density at radius 3 is 2.66 bits per heavy atom. The van der Waals surface area contributed by atoms with E-state index < -0.39 is 6.04 Å². The molecule has 1 amide bonds. The van der Waals surface area contributed by atoms with Crippen molar-refractivity contribution in [1.82, 2.24) is 15.0 Å². The molecule has 0 saturated carbocycles. The second-order valence-corrected chi connectivity index (χ2v) is 11.6. The number of carbonyl (C=O) groups is 2. The molecule has 35 heavy (non-hydrogen) atoms. The highest BCUT2D eigenvalue weighted by Gasteiger charge is 2.41. The molecule has 2 atom stereocenters. The third kappa shape index (κ3) is 6.25. The van der Waals surface area contributed by atoms with Crippen molar-refractivity contribution in [2.24, 2.45) is 10.9 Å². The van der Waals surface area contributed by atoms with Gasteiger partial charge in [0.05, 0.1) is 12.7 Å². The fraction of sp³-hybridized carbons (Fsp3) is 0.538. The number of ether oxygens (including phenoxy) is 1. The molecule has 2 aliphatic rings. The van der Waals surface area contributed by atoms with E-state index in [9.17, 15) is 9.59 Å². The number of nitrogens with one attached hydrogen (secondary N) is 2. The molecule has 2 aliphatic heterocycles. The molecule has 9 heteroatoms. The van der Waals surface area contributed by atoms with Gasteiger partial charge in [0.2, 0.25) is 0 Å². The van der Waals surface area contributed by atoms with E-state index >= 15 is 0 Å². The van der Waals surface area contributed by atoms with E-state index in [1.54, 1.807) is 0 Å². The van der Waals surface area contributed by atoms with Crippen LogP contribution in [-0.2, 0) is 14.9 Å². The number of amides is 1. The number of hydrogen-bond donors (Lipinski definition) is 2. The van der Waals surface area contributed by atoms with Gasteiger partial charge < -0.3 is 15.0 Å². The van der Waals surface area contributed by atoms with Crippen molar-refractivity contribution in [3.8, 4) is 0 Å². The molecule has 2 N–H and O–H groups in total. The summed E-state index contributed by atoms with van der Waals surface area (Å²) in [7, 11) is 1.38. The zero-order chi connectivity index (χ0) is 26.0. The number of carbonyl (C=O) groups excluding carboxylic acids is 2. The summed E-state index contributed by atoms with van der Waals surface area (Å²) in [6.07, 6.45) is 3.82. The van der Waals surface area contributed by atoms with Crippen molar-refractivity contribution in [2.75, 3.05) is 18.6 Å². The molecule has 190 valence electrons. The van der Waals surface area contributed by atoms with Crippen molar-refractivity contribution in [3.63, 3.8) is 0 Å². The summed E-state index contributed by atoms with van der Waals surface area (Å²) in [5.41, 5.74) is 1.07. The second-order valence-electron chi connectivity index (χ2n) is 10.7. The van der Waals surface area contributed by atoms with Gasteiger partial charge in [-0.1, -0.05) is 33.9 Å². The van der Waals surface area contributed by atoms with Gasteiger partial charge in [-0.25, -0.2) is 14.8 Å². The standard InChI is InChI=1S/C26H37N5O3S/c1-9-21-28-16(2)27-19(24(33)34-8)12-10-17-14-26(6,7)31(15-17)22-18(23(32)30-35-21)11-13-20(29-22)25(3,4)5/h9,11,13,17,19,27H,1-2,10,12,14-15H2,3-8H3,(H,30,32)/b28-21+. The smallest absolute Gasteiger partial charge is 0.328 e. The van der Waals surface area contributed by atoms with Crippen LogP contribution < -0.4 is 14.9 Å². The molecule has 1 aromatic rings. The summed E-state index contributed by atoms with van der Waals surface area (Å²) in [5.74, 6) is 0.685. The summed E-state index contributed by atoms with van der Waals surface area (Å²) < 4.78 is 7.88. The first-order valence-electron chi connectivity index (χ1n) is 11.9. The summed E-state index contributed by atoms with van der Waals surface area (Å²) in [6, 6.07) is 3.22. The molecule has 1 saturated heterocycles. The molecule has 1 aromatic heterocycles. The average molecular weight is 500 g/mol. The molecule has 0 aliphatic carbocycles. The summed E-state index contributed by atoms with van der Waals surface area (Å²) >= 11 is 1.04. The molecule has 0 spiro atoms. The summed E-state index contributed by atoms with van der Waals surface area (Å²) in [5, 5.41) is 3.52. The molecule has 0 radical (unpaired) electrons. The van der Waals surface area contributed by atoms with E-state index in [2.05, 4.69) is 67.7 Å². The second kappa shape index (κ2) is 10.4. The van der Waals surface area contributed by atoms with Crippen molar-refractivity contribution in [1.29, 1.82) is 0 Å². The number of aliphatic imine (C=N–C) groups is 1. The number of pyridine rings is 1. The third-order valence-electron chi connectivity index (χ3n) is 6.46. The van der Waals surface area contributed by atoms with Gasteiger partial charge in [-0.2, -0.15) is 0 Å². The van der Waals surface area contributed by atoms with E-state index in [1.165, 1.54) is 13.2 Å². The normalized spacial score (nSPS) is 24.6. The van der Waals surface area contributed by atoms with Crippen molar-refractivity contribution in [2.45, 2.75) is 70.9 Å². The highest BCUT2D eigenvalue weighted by molar-refractivity contribution is 8.13. The van der Waals surface area contributed by atoms with Gasteiger partial charge in [-0.15, -0.1) is 0 Å². The number of anilines is 1. The van der Waals surface area contributed by atoms with Crippen LogP contribution >= 0.6 is 11.9 Å². The fourth-order valence-electron chi connectivity index (χ4n) is 4.63. The van der Waals surface area contributed by atoms with Gasteiger partial charge >= 0.3 is 5.97 Å². The molecular formula is C26H37N5O3S. The number of rotatable bonds is 2. The quantitative estimate of drug-likeness (QED) is 0.461. The Bertz CT molecular complexity index is 1040. The van der Waals surface area contributed by atoms with Crippen LogP contribution in [0.1, 0.15) is 69.9 Å². The maximum Gasteiger partial charge on any atom is 0.328 e. The van der Waals surface area contributed by atoms with Crippen molar-refractivity contribution < 1.29 is 14.3 Å². The van der Waals surface area contributed by atoms with E-state index in [-0.39, 0.29) is 22.8 Å². The number of hydrogen-bond acceptors (Lipinski definition) is 8. The molecule has 8 nitrogen and oxygen atoms in total. The Morgan fingerprint density at radius 1 is 1.31 bits per heavy atom. The van der Waals surface area contributed by atoms with Crippen LogP contribution in [0.5, 0.6) is 0 Å². The number of aromatic nitrogens is 1. The van der Waals surface area contributed by atoms with Crippen molar-refractivity contribution in [3.05, 3.63) is 48.4 Å². The first kappa shape index (κ1) is 26.8. The lowest BCUT2D eigenvalue weighted by molar-refractivity contribution is -0.143. The van der Waals surface area contributed by atoms with Gasteiger partial charge in [-0.05, 0) is 57.2 Å². The van der Waals surface area contributed by atoms with Crippen LogP contribution in [0.3, 0.4) is 0 Å². The fourth-order valence-corrected chi connectivity index (χ4v) is 5.17. The van der Waals surface area contributed by atoms with Gasteiger partial charge in [0.25, 0.3) is 5.91 Å². The Morgan fingerprint density at radius 2 is 2.03 bits per heavy atom. The van der Waals surface area contributed by atoms with Crippen LogP contribution in [0.15, 0.2) is 42.2 Å². The third-order valence-corrected chi connectivity index (χ3v) is 7.22. The number of methoxy groups -OCH3 is 1. The lowest BCUT2D eigenvalue weighted by atomic mass is 9.91. The van der Waals surface area contributed by atoms with Crippen LogP contribution in [0.4, 0.5) is 5.82 Å². The summed E-state index contributed by atoms with van der Waals surface area (Å²) in [4.78, 5) is 37.4. The molecule has 1 fully saturated rings. The van der Waals surface area contributed by atoms with Crippen molar-refractivity contribution >= 4 is 34.7 Å². The van der Waals surface area contributed by atoms with Gasteiger partial charge in [0, 0.05) is 35.1 Å². The zero-order valence-corrected chi connectivity index (χ0v) is 22.4. The van der Waals surface area contributed by atoms with Gasteiger partial charge in [0.1, 0.15) is 22.7 Å². The zero-order valence-electron chi connectivity index (χ0n) is 21.6. The first-order valence-corrected chi connectivity index (χ1v) is 12.7. The largest absolute Gasteiger partial charge is 0.467 e. The maximum absolute atomic E-state index is 13.3. The molecule has 0 aromatic carbocycles. The number of esters is 1. The Hall–Kier alpha value is -2.81. The Kier molecular flexibility index (Phi) is 7.99. The summed E-state index contributed by atoms with van der Waals surface area (Å²) in [6.45, 7) is 19.1. The average Bonchev–Trinajstić information content (AvgIpc) is 3.10. The minimum Gasteiger partial charge on any atom is -0.467 e. The van der Waals surface area contributed by atoms with Crippen LogP contribution in [0, 0.1) is 5.92 Å². The Labute approximate surface area is 212 Å². The highest BCUT2D eigenvalue weighted by Crippen LogP contribution is 2.40. The van der Waals surface area contributed by atoms with Crippen LogP contribution in [0.25, 0.3) is 0 Å². The van der Waals surface area contributed by atoms with Gasteiger partial charge in [0.15, 0.2) is 0 Å². The SMILES string of the molecule is C=C/C1=N\C(=C)NC(C(=O)OC)CCC2CN(c3nc(C(C)(C)C)ccc3C(=O)NS1)C(C)(C)C2. The maximum atomic E-state index is 13.3. The van der Waals surface area contributed by atoms with E-state index in [0.717, 1.165) is 37.0 Å². The Balaban J connectivity index is 2.07.